The Kier molecular flexibility index (Phi) is 5.17. The number of rotatable bonds is 5. The lowest BCUT2D eigenvalue weighted by Crippen LogP contribution is -2.50. The van der Waals surface area contributed by atoms with E-state index >= 15 is 0 Å². The lowest BCUT2D eigenvalue weighted by atomic mass is 10.0. The van der Waals surface area contributed by atoms with E-state index in [4.69, 9.17) is 0 Å². The fourth-order valence-corrected chi connectivity index (χ4v) is 4.21. The summed E-state index contributed by atoms with van der Waals surface area (Å²) in [5.74, 6) is -1.83. The molecule has 6 heteroatoms. The Morgan fingerprint density at radius 3 is 1.86 bits per heavy atom. The summed E-state index contributed by atoms with van der Waals surface area (Å²) >= 11 is 0. The van der Waals surface area contributed by atoms with Crippen LogP contribution in [0.1, 0.15) is 36.1 Å². The molecule has 0 aliphatic heterocycles. The smallest absolute Gasteiger partial charge is 0.241 e. The van der Waals surface area contributed by atoms with Crippen LogP contribution in [0.4, 0.5) is 0 Å². The molecule has 0 aliphatic rings. The summed E-state index contributed by atoms with van der Waals surface area (Å²) in [6.07, 6.45) is 0. The molecule has 1 N–H and O–H groups in total. The standard InChI is InChI=1S/C15H23NO4S/c1-8(2)13(15(17)18)16-21(19,20)14-11(5)9(3)7-10(4)12(14)6/h7-8,13,16H,1-6H3,(H,17,18)/p-1/t13-/m1/s1. The van der Waals surface area contributed by atoms with E-state index in [1.807, 2.05) is 19.9 Å². The highest BCUT2D eigenvalue weighted by atomic mass is 32.2. The third-order valence-electron chi connectivity index (χ3n) is 3.77. The quantitative estimate of drug-likeness (QED) is 0.878. The fraction of sp³-hybridized carbons (Fsp3) is 0.533. The maximum absolute atomic E-state index is 12.6. The van der Waals surface area contributed by atoms with E-state index in [9.17, 15) is 18.3 Å². The van der Waals surface area contributed by atoms with Crippen LogP contribution in [0, 0.1) is 33.6 Å². The van der Waals surface area contributed by atoms with Crippen molar-refractivity contribution in [3.63, 3.8) is 0 Å². The number of carbonyl (C=O) groups is 1. The third-order valence-corrected chi connectivity index (χ3v) is 5.48. The summed E-state index contributed by atoms with van der Waals surface area (Å²) in [6.45, 7) is 10.4. The number of carboxylic acid groups (broad SMARTS) is 1. The van der Waals surface area contributed by atoms with Crippen molar-refractivity contribution >= 4 is 16.0 Å². The molecule has 21 heavy (non-hydrogen) atoms. The molecule has 0 bridgehead atoms. The Labute approximate surface area is 126 Å². The van der Waals surface area contributed by atoms with Gasteiger partial charge in [0, 0.05) is 0 Å². The molecular weight excluding hydrogens is 290 g/mol. The molecule has 0 amide bonds. The molecule has 0 unspecified atom stereocenters. The molecule has 0 saturated carbocycles. The molecule has 0 saturated heterocycles. The van der Waals surface area contributed by atoms with Crippen LogP contribution in [0.3, 0.4) is 0 Å². The SMILES string of the molecule is Cc1cc(C)c(C)c(S(=O)(=O)N[C@@H](C(=O)[O-])C(C)C)c1C. The minimum Gasteiger partial charge on any atom is -0.548 e. The predicted molar refractivity (Wildman–Crippen MR) is 79.3 cm³/mol. The summed E-state index contributed by atoms with van der Waals surface area (Å²) in [5, 5.41) is 11.1. The van der Waals surface area contributed by atoms with Crippen molar-refractivity contribution < 1.29 is 18.3 Å². The van der Waals surface area contributed by atoms with Gasteiger partial charge in [0.05, 0.1) is 16.9 Å². The van der Waals surface area contributed by atoms with Crippen molar-refractivity contribution in [2.75, 3.05) is 0 Å². The van der Waals surface area contributed by atoms with Gasteiger partial charge in [0.15, 0.2) is 0 Å². The Morgan fingerprint density at radius 1 is 1.10 bits per heavy atom. The van der Waals surface area contributed by atoms with Crippen LogP contribution in [0.25, 0.3) is 0 Å². The highest BCUT2D eigenvalue weighted by Gasteiger charge is 2.27. The largest absolute Gasteiger partial charge is 0.548 e. The molecule has 0 aromatic heterocycles. The fourth-order valence-electron chi connectivity index (χ4n) is 2.27. The number of aliphatic carboxylic acids is 1. The lowest BCUT2D eigenvalue weighted by Gasteiger charge is -2.25. The summed E-state index contributed by atoms with van der Waals surface area (Å²) in [4.78, 5) is 11.3. The van der Waals surface area contributed by atoms with E-state index in [0.29, 0.717) is 11.1 Å². The van der Waals surface area contributed by atoms with E-state index in [0.717, 1.165) is 11.1 Å². The van der Waals surface area contributed by atoms with Crippen LogP contribution in [0.5, 0.6) is 0 Å². The second-order valence-corrected chi connectivity index (χ2v) is 7.40. The second-order valence-electron chi connectivity index (χ2n) is 5.75. The maximum Gasteiger partial charge on any atom is 0.241 e. The van der Waals surface area contributed by atoms with Crippen molar-refractivity contribution in [2.24, 2.45) is 5.92 Å². The van der Waals surface area contributed by atoms with Gasteiger partial charge in [-0.1, -0.05) is 19.9 Å². The topological polar surface area (TPSA) is 86.3 Å². The number of nitrogens with one attached hydrogen (secondary N) is 1. The number of hydrogen-bond donors (Lipinski definition) is 1. The van der Waals surface area contributed by atoms with Gasteiger partial charge >= 0.3 is 0 Å². The van der Waals surface area contributed by atoms with E-state index in [1.54, 1.807) is 27.7 Å². The number of hydrogen-bond acceptors (Lipinski definition) is 4. The average Bonchev–Trinajstić information content (AvgIpc) is 2.33. The maximum atomic E-state index is 12.6. The van der Waals surface area contributed by atoms with Crippen molar-refractivity contribution in [3.8, 4) is 0 Å². The van der Waals surface area contributed by atoms with Crippen LogP contribution >= 0.6 is 0 Å². The molecule has 1 aromatic rings. The van der Waals surface area contributed by atoms with Gasteiger partial charge in [-0.05, 0) is 55.9 Å². The van der Waals surface area contributed by atoms with E-state index in [-0.39, 0.29) is 4.90 Å². The highest BCUT2D eigenvalue weighted by molar-refractivity contribution is 7.89. The first-order valence-corrected chi connectivity index (χ1v) is 8.28. The van der Waals surface area contributed by atoms with E-state index in [1.165, 1.54) is 0 Å². The molecular formula is C15H22NO4S-. The number of benzene rings is 1. The average molecular weight is 312 g/mol. The molecule has 0 aliphatic carbocycles. The molecule has 118 valence electrons. The van der Waals surface area contributed by atoms with Gasteiger partial charge in [-0.25, -0.2) is 13.1 Å². The van der Waals surface area contributed by atoms with Gasteiger partial charge in [-0.15, -0.1) is 0 Å². The normalized spacial score (nSPS) is 13.5. The summed E-state index contributed by atoms with van der Waals surface area (Å²) in [7, 11) is -3.93. The van der Waals surface area contributed by atoms with Gasteiger partial charge in [0.2, 0.25) is 10.0 Å². The van der Waals surface area contributed by atoms with Crippen LogP contribution < -0.4 is 9.83 Å². The van der Waals surface area contributed by atoms with Crippen LogP contribution in [-0.4, -0.2) is 20.4 Å². The highest BCUT2D eigenvalue weighted by Crippen LogP contribution is 2.26. The van der Waals surface area contributed by atoms with Crippen molar-refractivity contribution in [1.82, 2.24) is 4.72 Å². The Morgan fingerprint density at radius 2 is 1.52 bits per heavy atom. The number of sulfonamides is 1. The summed E-state index contributed by atoms with van der Waals surface area (Å²) < 4.78 is 27.4. The third kappa shape index (κ3) is 3.63. The molecule has 1 atom stereocenters. The van der Waals surface area contributed by atoms with E-state index < -0.39 is 28.0 Å². The molecule has 0 fully saturated rings. The first-order valence-electron chi connectivity index (χ1n) is 6.79. The molecule has 1 aromatic carbocycles. The van der Waals surface area contributed by atoms with Gasteiger partial charge in [-0.3, -0.25) is 0 Å². The zero-order valence-electron chi connectivity index (χ0n) is 13.3. The summed E-state index contributed by atoms with van der Waals surface area (Å²) in [6, 6.07) is 0.664. The second kappa shape index (κ2) is 6.15. The number of aryl methyl sites for hydroxylation is 2. The van der Waals surface area contributed by atoms with Gasteiger partial charge < -0.3 is 9.90 Å². The van der Waals surface area contributed by atoms with Crippen molar-refractivity contribution in [3.05, 3.63) is 28.3 Å². The van der Waals surface area contributed by atoms with Crippen molar-refractivity contribution in [1.29, 1.82) is 0 Å². The first-order chi connectivity index (χ1) is 9.49. The Hall–Kier alpha value is -1.40. The monoisotopic (exact) mass is 312 g/mol. The minimum atomic E-state index is -3.93. The lowest BCUT2D eigenvalue weighted by molar-refractivity contribution is -0.309. The van der Waals surface area contributed by atoms with Gasteiger partial charge in [-0.2, -0.15) is 0 Å². The van der Waals surface area contributed by atoms with Crippen LogP contribution in [0.2, 0.25) is 0 Å². The van der Waals surface area contributed by atoms with Crippen LogP contribution in [0.15, 0.2) is 11.0 Å². The minimum absolute atomic E-state index is 0.159. The molecule has 5 nitrogen and oxygen atoms in total. The van der Waals surface area contributed by atoms with E-state index in [2.05, 4.69) is 4.72 Å². The number of carbonyl (C=O) groups excluding carboxylic acids is 1. The van der Waals surface area contributed by atoms with Crippen molar-refractivity contribution in [2.45, 2.75) is 52.5 Å². The molecule has 0 spiro atoms. The first kappa shape index (κ1) is 17.7. The zero-order chi connectivity index (χ0) is 16.5. The predicted octanol–water partition coefficient (Wildman–Crippen LogP) is 0.973. The Balaban J connectivity index is 3.42. The van der Waals surface area contributed by atoms with Gasteiger partial charge in [0.1, 0.15) is 0 Å². The number of carboxylic acids is 1. The molecule has 1 rings (SSSR count). The summed E-state index contributed by atoms with van der Waals surface area (Å²) in [5.41, 5.74) is 2.97. The van der Waals surface area contributed by atoms with Crippen LogP contribution in [-0.2, 0) is 14.8 Å². The van der Waals surface area contributed by atoms with Gasteiger partial charge in [0.25, 0.3) is 0 Å². The molecule has 0 heterocycles. The Bertz CT molecular complexity index is 636. The molecule has 0 radical (unpaired) electrons. The zero-order valence-corrected chi connectivity index (χ0v) is 14.1.